The lowest BCUT2D eigenvalue weighted by molar-refractivity contribution is 0.562. The molecular weight excluding hydrogens is 174 g/mol. The van der Waals surface area contributed by atoms with Gasteiger partial charge in [-0.15, -0.1) is 0 Å². The highest BCUT2D eigenvalue weighted by molar-refractivity contribution is 7.91. The lowest BCUT2D eigenvalue weighted by Crippen LogP contribution is -2.31. The summed E-state index contributed by atoms with van der Waals surface area (Å²) in [7, 11) is -2.89. The topological polar surface area (TPSA) is 46.2 Å². The van der Waals surface area contributed by atoms with Crippen LogP contribution in [0, 0.1) is 5.92 Å². The normalized spacial score (nSPS) is 12.8. The van der Waals surface area contributed by atoms with Gasteiger partial charge < -0.3 is 5.32 Å². The number of hydrogen-bond donors (Lipinski definition) is 1. The van der Waals surface area contributed by atoms with E-state index in [1.54, 1.807) is 0 Å². The van der Waals surface area contributed by atoms with Gasteiger partial charge in [0.2, 0.25) is 0 Å². The van der Waals surface area contributed by atoms with E-state index in [-0.39, 0.29) is 23.6 Å². The summed E-state index contributed by atoms with van der Waals surface area (Å²) in [4.78, 5) is 0. The molecule has 0 radical (unpaired) electrons. The highest BCUT2D eigenvalue weighted by Crippen LogP contribution is 1.99. The van der Waals surface area contributed by atoms with E-state index in [0.29, 0.717) is 0 Å². The quantitative estimate of drug-likeness (QED) is 0.709. The van der Waals surface area contributed by atoms with Crippen LogP contribution in [-0.2, 0) is 9.84 Å². The molecule has 0 unspecified atom stereocenters. The standard InChI is InChI=1S/C8H19NO2S/c1-7(2)5-12(10,11)6-9-8(3)4/h7-9H,5-6H2,1-4H3. The molecule has 12 heavy (non-hydrogen) atoms. The van der Waals surface area contributed by atoms with Crippen LogP contribution in [0.25, 0.3) is 0 Å². The van der Waals surface area contributed by atoms with Crippen molar-refractivity contribution in [3.8, 4) is 0 Å². The molecule has 0 aliphatic carbocycles. The Morgan fingerprint density at radius 3 is 2.00 bits per heavy atom. The zero-order valence-electron chi connectivity index (χ0n) is 8.29. The molecule has 0 aliphatic rings. The molecule has 0 aromatic carbocycles. The monoisotopic (exact) mass is 193 g/mol. The fraction of sp³-hybridized carbons (Fsp3) is 1.00. The van der Waals surface area contributed by atoms with Crippen molar-refractivity contribution in [3.63, 3.8) is 0 Å². The molecule has 0 saturated carbocycles. The van der Waals surface area contributed by atoms with Gasteiger partial charge >= 0.3 is 0 Å². The van der Waals surface area contributed by atoms with Gasteiger partial charge in [0.05, 0.1) is 11.6 Å². The van der Waals surface area contributed by atoms with Gasteiger partial charge in [-0.25, -0.2) is 8.42 Å². The highest BCUT2D eigenvalue weighted by Gasteiger charge is 2.12. The average Bonchev–Trinajstić information content (AvgIpc) is 1.81. The van der Waals surface area contributed by atoms with Gasteiger partial charge in [-0.2, -0.15) is 0 Å². The van der Waals surface area contributed by atoms with E-state index < -0.39 is 9.84 Å². The van der Waals surface area contributed by atoms with Crippen molar-refractivity contribution in [2.75, 3.05) is 11.6 Å². The Kier molecular flexibility index (Phi) is 4.78. The minimum Gasteiger partial charge on any atom is -0.301 e. The van der Waals surface area contributed by atoms with E-state index in [1.165, 1.54) is 0 Å². The SMILES string of the molecule is CC(C)CS(=O)(=O)CNC(C)C. The summed E-state index contributed by atoms with van der Waals surface area (Å²) in [5, 5.41) is 2.90. The summed E-state index contributed by atoms with van der Waals surface area (Å²) in [6.45, 7) is 7.69. The van der Waals surface area contributed by atoms with Gasteiger partial charge in [-0.1, -0.05) is 27.7 Å². The van der Waals surface area contributed by atoms with Crippen LogP contribution in [0.15, 0.2) is 0 Å². The van der Waals surface area contributed by atoms with Gasteiger partial charge in [0.25, 0.3) is 0 Å². The Bertz CT molecular complexity index is 207. The molecule has 0 saturated heterocycles. The number of rotatable bonds is 5. The molecule has 0 spiro atoms. The Labute approximate surface area is 75.5 Å². The molecular formula is C8H19NO2S. The molecule has 0 rings (SSSR count). The largest absolute Gasteiger partial charge is 0.301 e. The van der Waals surface area contributed by atoms with Crippen molar-refractivity contribution in [1.29, 1.82) is 0 Å². The first-order chi connectivity index (χ1) is 5.33. The van der Waals surface area contributed by atoms with Crippen LogP contribution in [0.3, 0.4) is 0 Å². The third kappa shape index (κ3) is 6.61. The van der Waals surface area contributed by atoms with Crippen LogP contribution in [0.4, 0.5) is 0 Å². The minimum atomic E-state index is -2.89. The number of nitrogens with one attached hydrogen (secondary N) is 1. The first kappa shape index (κ1) is 11.9. The van der Waals surface area contributed by atoms with E-state index in [0.717, 1.165) is 0 Å². The van der Waals surface area contributed by atoms with Crippen LogP contribution in [0.1, 0.15) is 27.7 Å². The predicted molar refractivity (Wildman–Crippen MR) is 51.8 cm³/mol. The molecule has 0 bridgehead atoms. The van der Waals surface area contributed by atoms with Crippen molar-refractivity contribution in [2.45, 2.75) is 33.7 Å². The first-order valence-corrected chi connectivity index (χ1v) is 6.09. The maximum Gasteiger partial charge on any atom is 0.163 e. The molecule has 0 fully saturated rings. The van der Waals surface area contributed by atoms with Crippen LogP contribution in [0.2, 0.25) is 0 Å². The van der Waals surface area contributed by atoms with E-state index in [1.807, 2.05) is 27.7 Å². The maximum atomic E-state index is 11.3. The fourth-order valence-corrected chi connectivity index (χ4v) is 2.58. The third-order valence-corrected chi connectivity index (χ3v) is 3.08. The fourth-order valence-electron chi connectivity index (χ4n) is 0.860. The number of sulfone groups is 1. The molecule has 0 aromatic rings. The Morgan fingerprint density at radius 1 is 1.17 bits per heavy atom. The summed E-state index contributed by atoms with van der Waals surface area (Å²) in [5.41, 5.74) is 0. The molecule has 74 valence electrons. The van der Waals surface area contributed by atoms with Gasteiger partial charge in [-0.05, 0) is 5.92 Å². The van der Waals surface area contributed by atoms with Gasteiger partial charge in [0, 0.05) is 6.04 Å². The van der Waals surface area contributed by atoms with Crippen molar-refractivity contribution in [3.05, 3.63) is 0 Å². The molecule has 0 aromatic heterocycles. The second kappa shape index (κ2) is 4.82. The van der Waals surface area contributed by atoms with Crippen LogP contribution in [-0.4, -0.2) is 26.1 Å². The third-order valence-electron chi connectivity index (χ3n) is 1.30. The van der Waals surface area contributed by atoms with E-state index >= 15 is 0 Å². The summed E-state index contributed by atoms with van der Waals surface area (Å²) in [6, 6.07) is 0.229. The Hall–Kier alpha value is -0.0900. The smallest absolute Gasteiger partial charge is 0.163 e. The zero-order chi connectivity index (χ0) is 9.78. The summed E-state index contributed by atoms with van der Waals surface area (Å²) in [6.07, 6.45) is 0. The van der Waals surface area contributed by atoms with Crippen molar-refractivity contribution in [2.24, 2.45) is 5.92 Å². The van der Waals surface area contributed by atoms with Crippen LogP contribution < -0.4 is 5.32 Å². The summed E-state index contributed by atoms with van der Waals surface area (Å²) in [5.74, 6) is 0.583. The Morgan fingerprint density at radius 2 is 1.67 bits per heavy atom. The second-order valence-electron chi connectivity index (χ2n) is 3.81. The summed E-state index contributed by atoms with van der Waals surface area (Å²) < 4.78 is 22.6. The van der Waals surface area contributed by atoms with Crippen LogP contribution >= 0.6 is 0 Å². The first-order valence-electron chi connectivity index (χ1n) is 4.27. The molecule has 1 N–H and O–H groups in total. The zero-order valence-corrected chi connectivity index (χ0v) is 9.11. The molecule has 3 nitrogen and oxygen atoms in total. The van der Waals surface area contributed by atoms with Gasteiger partial charge in [0.15, 0.2) is 9.84 Å². The predicted octanol–water partition coefficient (Wildman–Crippen LogP) is 1.01. The summed E-state index contributed by atoms with van der Waals surface area (Å²) >= 11 is 0. The molecule has 0 amide bonds. The Balaban J connectivity index is 3.89. The van der Waals surface area contributed by atoms with E-state index in [2.05, 4.69) is 5.32 Å². The maximum absolute atomic E-state index is 11.3. The molecule has 4 heteroatoms. The second-order valence-corrected chi connectivity index (χ2v) is 5.92. The van der Waals surface area contributed by atoms with E-state index in [4.69, 9.17) is 0 Å². The molecule has 0 heterocycles. The lowest BCUT2D eigenvalue weighted by Gasteiger charge is -2.10. The molecule has 0 atom stereocenters. The van der Waals surface area contributed by atoms with E-state index in [9.17, 15) is 8.42 Å². The van der Waals surface area contributed by atoms with Crippen LogP contribution in [0.5, 0.6) is 0 Å². The minimum absolute atomic E-state index is 0.100. The lowest BCUT2D eigenvalue weighted by atomic mass is 10.3. The highest BCUT2D eigenvalue weighted by atomic mass is 32.2. The van der Waals surface area contributed by atoms with Gasteiger partial charge in [-0.3, -0.25) is 0 Å². The molecule has 0 aliphatic heterocycles. The van der Waals surface area contributed by atoms with Gasteiger partial charge in [0.1, 0.15) is 0 Å². The van der Waals surface area contributed by atoms with Crippen molar-refractivity contribution < 1.29 is 8.42 Å². The number of hydrogen-bond acceptors (Lipinski definition) is 3. The van der Waals surface area contributed by atoms with Crippen molar-refractivity contribution in [1.82, 2.24) is 5.32 Å². The average molecular weight is 193 g/mol. The van der Waals surface area contributed by atoms with Crippen molar-refractivity contribution >= 4 is 9.84 Å².